The van der Waals surface area contributed by atoms with Gasteiger partial charge in [-0.3, -0.25) is 0 Å². The van der Waals surface area contributed by atoms with E-state index in [-0.39, 0.29) is 0 Å². The molecule has 22 heavy (non-hydrogen) atoms. The van der Waals surface area contributed by atoms with Gasteiger partial charge < -0.3 is 5.32 Å². The van der Waals surface area contributed by atoms with Crippen molar-refractivity contribution in [1.29, 1.82) is 0 Å². The first-order chi connectivity index (χ1) is 10.7. The molecule has 0 aromatic heterocycles. The van der Waals surface area contributed by atoms with Crippen LogP contribution in [0.1, 0.15) is 6.42 Å². The van der Waals surface area contributed by atoms with Crippen molar-refractivity contribution in [3.05, 3.63) is 42.5 Å². The minimum Gasteiger partial charge on any atom is -0.316 e. The van der Waals surface area contributed by atoms with Crippen LogP contribution in [-0.4, -0.2) is 38.9 Å². The second-order valence-electron chi connectivity index (χ2n) is 6.31. The molecule has 2 saturated heterocycles. The zero-order valence-corrected chi connectivity index (χ0v) is 13.2. The van der Waals surface area contributed by atoms with Crippen LogP contribution in [0.2, 0.25) is 0 Å². The van der Waals surface area contributed by atoms with Crippen molar-refractivity contribution < 1.29 is 8.42 Å². The molecule has 2 aromatic carbocycles. The first-order valence-corrected chi connectivity index (χ1v) is 9.29. The Balaban J connectivity index is 1.73. The van der Waals surface area contributed by atoms with Gasteiger partial charge in [0.2, 0.25) is 10.0 Å². The molecule has 4 nitrogen and oxygen atoms in total. The maximum Gasteiger partial charge on any atom is 0.243 e. The van der Waals surface area contributed by atoms with Gasteiger partial charge in [-0.1, -0.05) is 36.4 Å². The summed E-state index contributed by atoms with van der Waals surface area (Å²) in [5.74, 6) is 1.09. The van der Waals surface area contributed by atoms with Crippen LogP contribution < -0.4 is 5.32 Å². The maximum absolute atomic E-state index is 13.1. The largest absolute Gasteiger partial charge is 0.316 e. The summed E-state index contributed by atoms with van der Waals surface area (Å²) in [5, 5.41) is 5.17. The quantitative estimate of drug-likeness (QED) is 0.923. The average molecular weight is 316 g/mol. The topological polar surface area (TPSA) is 49.4 Å². The summed E-state index contributed by atoms with van der Waals surface area (Å²) < 4.78 is 27.9. The van der Waals surface area contributed by atoms with Gasteiger partial charge in [0, 0.05) is 18.5 Å². The fourth-order valence-electron chi connectivity index (χ4n) is 3.78. The Morgan fingerprint density at radius 2 is 1.77 bits per heavy atom. The van der Waals surface area contributed by atoms with Gasteiger partial charge in [-0.05, 0) is 42.8 Å². The summed E-state index contributed by atoms with van der Waals surface area (Å²) >= 11 is 0. The number of rotatable bonds is 2. The predicted molar refractivity (Wildman–Crippen MR) is 87.2 cm³/mol. The van der Waals surface area contributed by atoms with Crippen LogP contribution in [0.5, 0.6) is 0 Å². The molecule has 0 saturated carbocycles. The summed E-state index contributed by atoms with van der Waals surface area (Å²) in [6.07, 6.45) is 0.960. The van der Waals surface area contributed by atoms with Crippen molar-refractivity contribution in [2.24, 2.45) is 11.8 Å². The van der Waals surface area contributed by atoms with Gasteiger partial charge >= 0.3 is 0 Å². The average Bonchev–Trinajstić information content (AvgIpc) is 3.02. The summed E-state index contributed by atoms with van der Waals surface area (Å²) in [5.41, 5.74) is 0. The van der Waals surface area contributed by atoms with Crippen molar-refractivity contribution in [2.75, 3.05) is 26.2 Å². The maximum atomic E-state index is 13.1. The molecule has 2 atom stereocenters. The van der Waals surface area contributed by atoms with E-state index in [2.05, 4.69) is 5.32 Å². The monoisotopic (exact) mass is 316 g/mol. The smallest absolute Gasteiger partial charge is 0.243 e. The second kappa shape index (κ2) is 5.33. The Morgan fingerprint density at radius 3 is 2.68 bits per heavy atom. The molecular weight excluding hydrogens is 296 g/mol. The molecule has 0 radical (unpaired) electrons. The van der Waals surface area contributed by atoms with E-state index >= 15 is 0 Å². The van der Waals surface area contributed by atoms with Crippen LogP contribution in [0.15, 0.2) is 47.4 Å². The Kier molecular flexibility index (Phi) is 3.44. The lowest BCUT2D eigenvalue weighted by molar-refractivity contribution is 0.228. The van der Waals surface area contributed by atoms with Crippen LogP contribution in [-0.2, 0) is 10.0 Å². The lowest BCUT2D eigenvalue weighted by atomic mass is 9.90. The van der Waals surface area contributed by atoms with E-state index in [0.29, 0.717) is 29.8 Å². The summed E-state index contributed by atoms with van der Waals surface area (Å²) in [4.78, 5) is 0.440. The molecule has 0 aliphatic carbocycles. The fraction of sp³-hybridized carbons (Fsp3) is 0.412. The molecule has 0 bridgehead atoms. The van der Waals surface area contributed by atoms with Crippen molar-refractivity contribution in [2.45, 2.75) is 11.3 Å². The van der Waals surface area contributed by atoms with E-state index in [1.54, 1.807) is 10.4 Å². The molecule has 1 N–H and O–H groups in total. The first-order valence-electron chi connectivity index (χ1n) is 7.85. The fourth-order valence-corrected chi connectivity index (χ4v) is 5.51. The number of nitrogens with one attached hydrogen (secondary N) is 1. The van der Waals surface area contributed by atoms with Gasteiger partial charge in [-0.25, -0.2) is 8.42 Å². The van der Waals surface area contributed by atoms with Gasteiger partial charge in [-0.2, -0.15) is 4.31 Å². The van der Waals surface area contributed by atoms with Gasteiger partial charge in [-0.15, -0.1) is 0 Å². The highest BCUT2D eigenvalue weighted by molar-refractivity contribution is 7.89. The van der Waals surface area contributed by atoms with Crippen LogP contribution in [0.3, 0.4) is 0 Å². The predicted octanol–water partition coefficient (Wildman–Crippen LogP) is 2.07. The number of hydrogen-bond donors (Lipinski definition) is 1. The molecule has 116 valence electrons. The van der Waals surface area contributed by atoms with E-state index in [1.165, 1.54) is 0 Å². The van der Waals surface area contributed by atoms with E-state index < -0.39 is 10.0 Å². The molecule has 0 amide bonds. The van der Waals surface area contributed by atoms with Gasteiger partial charge in [0.25, 0.3) is 0 Å². The van der Waals surface area contributed by atoms with E-state index in [1.807, 2.05) is 36.4 Å². The van der Waals surface area contributed by atoms with Crippen molar-refractivity contribution >= 4 is 20.8 Å². The highest BCUT2D eigenvalue weighted by Gasteiger charge is 2.38. The molecular formula is C17H20N2O2S. The molecule has 0 spiro atoms. The Labute approximate surface area is 131 Å². The van der Waals surface area contributed by atoms with Crippen LogP contribution in [0, 0.1) is 11.8 Å². The standard InChI is InChI=1S/C17H20N2O2S/c20-22(21,19-9-8-14-10-18-11-15(14)12-19)17-7-3-5-13-4-1-2-6-16(13)17/h1-7,14-15,18H,8-12H2. The lowest BCUT2D eigenvalue weighted by Gasteiger charge is -2.33. The first kappa shape index (κ1) is 14.2. The third-order valence-electron chi connectivity index (χ3n) is 5.03. The zero-order valence-electron chi connectivity index (χ0n) is 12.4. The molecule has 2 unspecified atom stereocenters. The number of hydrogen-bond acceptors (Lipinski definition) is 3. The Bertz CT molecular complexity index is 798. The van der Waals surface area contributed by atoms with E-state index in [0.717, 1.165) is 30.3 Å². The highest BCUT2D eigenvalue weighted by Crippen LogP contribution is 2.32. The normalized spacial score (nSPS) is 26.2. The number of fused-ring (bicyclic) bond motifs is 2. The third kappa shape index (κ3) is 2.24. The molecule has 2 aromatic rings. The van der Waals surface area contributed by atoms with Crippen molar-refractivity contribution in [1.82, 2.24) is 9.62 Å². The lowest BCUT2D eigenvalue weighted by Crippen LogP contribution is -2.43. The van der Waals surface area contributed by atoms with Gasteiger partial charge in [0.05, 0.1) is 4.90 Å². The highest BCUT2D eigenvalue weighted by atomic mass is 32.2. The minimum absolute atomic E-state index is 0.440. The number of benzene rings is 2. The minimum atomic E-state index is -3.42. The van der Waals surface area contributed by atoms with E-state index in [4.69, 9.17) is 0 Å². The van der Waals surface area contributed by atoms with Crippen molar-refractivity contribution in [3.8, 4) is 0 Å². The molecule has 2 fully saturated rings. The third-order valence-corrected chi connectivity index (χ3v) is 6.96. The molecule has 4 rings (SSSR count). The molecule has 2 aliphatic rings. The van der Waals surface area contributed by atoms with E-state index in [9.17, 15) is 8.42 Å². The molecule has 2 aliphatic heterocycles. The summed E-state index contributed by atoms with van der Waals surface area (Å²) in [6, 6.07) is 13.2. The number of nitrogens with zero attached hydrogens (tertiary/aromatic N) is 1. The summed E-state index contributed by atoms with van der Waals surface area (Å²) in [6.45, 7) is 3.25. The SMILES string of the molecule is O=S(=O)(c1cccc2ccccc12)N1CCC2CNCC2C1. The van der Waals surface area contributed by atoms with Crippen LogP contribution in [0.25, 0.3) is 10.8 Å². The van der Waals surface area contributed by atoms with Gasteiger partial charge in [0.15, 0.2) is 0 Å². The van der Waals surface area contributed by atoms with Crippen molar-refractivity contribution in [3.63, 3.8) is 0 Å². The van der Waals surface area contributed by atoms with Crippen LogP contribution in [0.4, 0.5) is 0 Å². The second-order valence-corrected chi connectivity index (χ2v) is 8.21. The number of sulfonamides is 1. The molecule has 5 heteroatoms. The van der Waals surface area contributed by atoms with Crippen LogP contribution >= 0.6 is 0 Å². The zero-order chi connectivity index (χ0) is 15.2. The summed E-state index contributed by atoms with van der Waals surface area (Å²) in [7, 11) is -3.42. The Morgan fingerprint density at radius 1 is 1.00 bits per heavy atom. The van der Waals surface area contributed by atoms with Gasteiger partial charge in [0.1, 0.15) is 0 Å². The molecule has 2 heterocycles. The Hall–Kier alpha value is -1.43. The number of piperidine rings is 1.